The fourth-order valence-corrected chi connectivity index (χ4v) is 4.66. The van der Waals surface area contributed by atoms with Gasteiger partial charge >= 0.3 is 11.7 Å². The SMILES string of the molecule is CCC[C@@H](NC(=O)[C@]1(N)CSC(/C(C)=N/OCCCNC(=O)OC(C)(C)C)=N1)c1cc(OCC2CC2)cc(=O)o1. The molecular formula is C27H41N5O7S. The average Bonchev–Trinajstić information content (AvgIpc) is 3.61. The van der Waals surface area contributed by atoms with E-state index < -0.39 is 34.9 Å². The second-order valence-corrected chi connectivity index (χ2v) is 12.0. The van der Waals surface area contributed by atoms with Gasteiger partial charge in [-0.1, -0.05) is 18.5 Å². The maximum Gasteiger partial charge on any atom is 0.407 e. The lowest BCUT2D eigenvalue weighted by molar-refractivity contribution is -0.126. The molecule has 40 heavy (non-hydrogen) atoms. The van der Waals surface area contributed by atoms with Crippen molar-refractivity contribution in [1.29, 1.82) is 0 Å². The van der Waals surface area contributed by atoms with Crippen molar-refractivity contribution >= 4 is 34.5 Å². The monoisotopic (exact) mass is 579 g/mol. The van der Waals surface area contributed by atoms with Gasteiger partial charge in [0, 0.05) is 24.8 Å². The molecule has 3 rings (SSSR count). The quantitative estimate of drug-likeness (QED) is 0.170. The zero-order valence-corrected chi connectivity index (χ0v) is 24.7. The van der Waals surface area contributed by atoms with Crippen molar-refractivity contribution in [3.8, 4) is 5.75 Å². The van der Waals surface area contributed by atoms with Gasteiger partial charge in [0.2, 0.25) is 0 Å². The fraction of sp³-hybridized carbons (Fsp3) is 0.667. The molecule has 2 atom stereocenters. The third kappa shape index (κ3) is 10.2. The van der Waals surface area contributed by atoms with Crippen molar-refractivity contribution in [2.45, 2.75) is 84.0 Å². The molecule has 12 nitrogen and oxygen atoms in total. The molecule has 13 heteroatoms. The number of hydrogen-bond donors (Lipinski definition) is 3. The number of alkyl carbamates (subject to hydrolysis) is 1. The van der Waals surface area contributed by atoms with Crippen LogP contribution in [0.1, 0.15) is 78.5 Å². The van der Waals surface area contributed by atoms with E-state index in [9.17, 15) is 14.4 Å². The van der Waals surface area contributed by atoms with E-state index in [1.54, 1.807) is 33.8 Å². The molecule has 222 valence electrons. The van der Waals surface area contributed by atoms with Crippen LogP contribution < -0.4 is 26.7 Å². The highest BCUT2D eigenvalue weighted by atomic mass is 32.2. The van der Waals surface area contributed by atoms with Crippen LogP contribution in [0.5, 0.6) is 5.75 Å². The number of aliphatic imine (C=N–C) groups is 1. The summed E-state index contributed by atoms with van der Waals surface area (Å²) in [6.07, 6.45) is 3.58. The molecule has 0 saturated heterocycles. The summed E-state index contributed by atoms with van der Waals surface area (Å²) in [5.74, 6) is 1.01. The Bertz CT molecular complexity index is 1160. The molecule has 0 spiro atoms. The second kappa shape index (κ2) is 14.0. The van der Waals surface area contributed by atoms with E-state index in [1.807, 2.05) is 6.92 Å². The molecule has 1 aromatic heterocycles. The third-order valence-electron chi connectivity index (χ3n) is 5.89. The van der Waals surface area contributed by atoms with Crippen molar-refractivity contribution in [2.24, 2.45) is 21.8 Å². The number of hydrogen-bond acceptors (Lipinski definition) is 11. The number of oxime groups is 1. The second-order valence-electron chi connectivity index (χ2n) is 11.0. The molecule has 1 aromatic rings. The average molecular weight is 580 g/mol. The van der Waals surface area contributed by atoms with Gasteiger partial charge in [-0.05, 0) is 52.9 Å². The summed E-state index contributed by atoms with van der Waals surface area (Å²) < 4.78 is 16.3. The lowest BCUT2D eigenvalue weighted by atomic mass is 10.1. The summed E-state index contributed by atoms with van der Waals surface area (Å²) in [4.78, 5) is 46.8. The van der Waals surface area contributed by atoms with E-state index in [-0.39, 0.29) is 12.4 Å². The van der Waals surface area contributed by atoms with Crippen LogP contribution in [0, 0.1) is 5.92 Å². The lowest BCUT2D eigenvalue weighted by Crippen LogP contribution is -2.54. The lowest BCUT2D eigenvalue weighted by Gasteiger charge is -2.24. The van der Waals surface area contributed by atoms with Gasteiger partial charge in [-0.2, -0.15) is 0 Å². The first-order valence-corrected chi connectivity index (χ1v) is 14.6. The van der Waals surface area contributed by atoms with Crippen LogP contribution in [0.25, 0.3) is 0 Å². The molecule has 1 saturated carbocycles. The van der Waals surface area contributed by atoms with E-state index in [0.717, 1.165) is 19.3 Å². The summed E-state index contributed by atoms with van der Waals surface area (Å²) in [7, 11) is 0. The molecular weight excluding hydrogens is 538 g/mol. The van der Waals surface area contributed by atoms with Gasteiger partial charge < -0.3 is 29.4 Å². The van der Waals surface area contributed by atoms with Gasteiger partial charge in [0.1, 0.15) is 34.5 Å². The number of carbonyl (C=O) groups is 2. The van der Waals surface area contributed by atoms with Crippen molar-refractivity contribution in [3.05, 3.63) is 28.3 Å². The minimum Gasteiger partial charge on any atom is -0.493 e. The third-order valence-corrected chi connectivity index (χ3v) is 7.13. The van der Waals surface area contributed by atoms with Crippen LogP contribution in [-0.2, 0) is 14.4 Å². The van der Waals surface area contributed by atoms with Crippen LogP contribution in [-0.4, -0.2) is 59.5 Å². The first kappa shape index (κ1) is 31.5. The first-order chi connectivity index (χ1) is 18.9. The molecule has 0 aromatic carbocycles. The Labute approximate surface area is 238 Å². The van der Waals surface area contributed by atoms with E-state index >= 15 is 0 Å². The highest BCUT2D eigenvalue weighted by Crippen LogP contribution is 2.30. The predicted octanol–water partition coefficient (Wildman–Crippen LogP) is 3.49. The minimum absolute atomic E-state index is 0.216. The van der Waals surface area contributed by atoms with Gasteiger partial charge in [0.05, 0.1) is 18.7 Å². The number of ether oxygens (including phenoxy) is 2. The molecule has 2 heterocycles. The molecule has 0 bridgehead atoms. The summed E-state index contributed by atoms with van der Waals surface area (Å²) in [5, 5.41) is 10.1. The molecule has 1 aliphatic carbocycles. The number of nitrogens with one attached hydrogen (secondary N) is 2. The van der Waals surface area contributed by atoms with Crippen LogP contribution >= 0.6 is 11.8 Å². The maximum absolute atomic E-state index is 13.2. The topological polar surface area (TPSA) is 167 Å². The van der Waals surface area contributed by atoms with Gasteiger partial charge in [-0.3, -0.25) is 10.5 Å². The number of thioether (sulfide) groups is 1. The predicted molar refractivity (Wildman–Crippen MR) is 154 cm³/mol. The molecule has 0 radical (unpaired) electrons. The fourth-order valence-electron chi connectivity index (χ4n) is 3.63. The van der Waals surface area contributed by atoms with Crippen molar-refractivity contribution in [2.75, 3.05) is 25.5 Å². The Hall–Kier alpha value is -3.06. The normalized spacial score (nSPS) is 19.9. The summed E-state index contributed by atoms with van der Waals surface area (Å²) in [6, 6.07) is 2.40. The summed E-state index contributed by atoms with van der Waals surface area (Å²) in [5.41, 5.74) is 4.26. The molecule has 1 fully saturated rings. The minimum atomic E-state index is -1.51. The number of amides is 2. The highest BCUT2D eigenvalue weighted by Gasteiger charge is 2.41. The Kier molecular flexibility index (Phi) is 11.0. The van der Waals surface area contributed by atoms with E-state index in [2.05, 4.69) is 20.8 Å². The zero-order valence-electron chi connectivity index (χ0n) is 23.9. The Morgan fingerprint density at radius 1 is 1.32 bits per heavy atom. The molecule has 0 unspecified atom stereocenters. The number of carbonyl (C=O) groups excluding carboxylic acids is 2. The smallest absolute Gasteiger partial charge is 0.407 e. The van der Waals surface area contributed by atoms with Crippen LogP contribution in [0.4, 0.5) is 4.79 Å². The first-order valence-electron chi connectivity index (χ1n) is 13.6. The molecule has 4 N–H and O–H groups in total. The van der Waals surface area contributed by atoms with Crippen molar-refractivity contribution in [1.82, 2.24) is 10.6 Å². The zero-order chi connectivity index (χ0) is 29.3. The molecule has 2 aliphatic rings. The van der Waals surface area contributed by atoms with E-state index in [0.29, 0.717) is 54.2 Å². The van der Waals surface area contributed by atoms with E-state index in [4.69, 9.17) is 24.5 Å². The van der Waals surface area contributed by atoms with Crippen LogP contribution in [0.3, 0.4) is 0 Å². The Morgan fingerprint density at radius 2 is 2.08 bits per heavy atom. The largest absolute Gasteiger partial charge is 0.493 e. The summed E-state index contributed by atoms with van der Waals surface area (Å²) >= 11 is 1.31. The highest BCUT2D eigenvalue weighted by molar-refractivity contribution is 8.16. The van der Waals surface area contributed by atoms with Crippen LogP contribution in [0.15, 0.2) is 31.5 Å². The Balaban J connectivity index is 1.54. The van der Waals surface area contributed by atoms with Gasteiger partial charge in [0.25, 0.3) is 5.91 Å². The Morgan fingerprint density at radius 3 is 2.75 bits per heavy atom. The summed E-state index contributed by atoms with van der Waals surface area (Å²) in [6.45, 7) is 10.3. The van der Waals surface area contributed by atoms with Gasteiger partial charge in [0.15, 0.2) is 5.66 Å². The molecule has 2 amide bonds. The number of nitrogens with two attached hydrogens (primary N) is 1. The standard InChI is InChI=1S/C27H41N5O7S/c1-6-8-20(21-13-19(14-22(33)38-21)36-15-18-9-10-18)30-24(34)27(28)16-40-23(31-27)17(2)32-37-12-7-11-29-25(35)39-26(3,4)5/h13-14,18,20H,6-12,15-16,28H2,1-5H3,(H,29,35)(H,30,34)/b32-17+/t20-,27+/m1/s1. The van der Waals surface area contributed by atoms with Gasteiger partial charge in [-0.25, -0.2) is 14.6 Å². The van der Waals surface area contributed by atoms with Gasteiger partial charge in [-0.15, -0.1) is 11.8 Å². The number of nitrogens with zero attached hydrogens (tertiary/aromatic N) is 2. The van der Waals surface area contributed by atoms with Crippen LogP contribution in [0.2, 0.25) is 0 Å². The van der Waals surface area contributed by atoms with E-state index in [1.165, 1.54) is 17.8 Å². The van der Waals surface area contributed by atoms with Crippen molar-refractivity contribution in [3.63, 3.8) is 0 Å². The van der Waals surface area contributed by atoms with Crippen molar-refractivity contribution < 1.29 is 28.3 Å². The number of rotatable bonds is 14. The maximum atomic E-state index is 13.2. The molecule has 1 aliphatic heterocycles.